The maximum Gasteiger partial charge on any atom is 0.249 e. The highest BCUT2D eigenvalue weighted by Crippen LogP contribution is 2.37. The molecule has 1 amide bonds. The molecule has 1 heterocycles. The Bertz CT molecular complexity index is 413. The zero-order valence-corrected chi connectivity index (χ0v) is 10.4. The third-order valence-electron chi connectivity index (χ3n) is 2.61. The van der Waals surface area contributed by atoms with Gasteiger partial charge in [0.25, 0.3) is 0 Å². The first kappa shape index (κ1) is 12.4. The monoisotopic (exact) mass is 255 g/mol. The summed E-state index contributed by atoms with van der Waals surface area (Å²) >= 11 is 1.65. The SMILES string of the molecule is COCC(=O)N1CCSC1c1cccc(F)c1. The minimum atomic E-state index is -0.269. The van der Waals surface area contributed by atoms with E-state index in [1.807, 2.05) is 6.07 Å². The number of nitrogens with zero attached hydrogens (tertiary/aromatic N) is 1. The van der Waals surface area contributed by atoms with Gasteiger partial charge in [-0.1, -0.05) is 12.1 Å². The highest BCUT2D eigenvalue weighted by atomic mass is 32.2. The zero-order chi connectivity index (χ0) is 12.3. The number of methoxy groups -OCH3 is 1. The molecule has 0 spiro atoms. The fourth-order valence-electron chi connectivity index (χ4n) is 1.87. The van der Waals surface area contributed by atoms with Crippen molar-refractivity contribution in [2.45, 2.75) is 5.37 Å². The number of rotatable bonds is 3. The van der Waals surface area contributed by atoms with Crippen LogP contribution in [0, 0.1) is 5.82 Å². The molecule has 2 rings (SSSR count). The molecule has 1 aromatic carbocycles. The van der Waals surface area contributed by atoms with Crippen LogP contribution in [0.2, 0.25) is 0 Å². The average molecular weight is 255 g/mol. The molecule has 0 aromatic heterocycles. The highest BCUT2D eigenvalue weighted by Gasteiger charge is 2.30. The van der Waals surface area contributed by atoms with E-state index in [1.54, 1.807) is 22.7 Å². The summed E-state index contributed by atoms with van der Waals surface area (Å²) in [5.74, 6) is 0.553. The Labute approximate surface area is 104 Å². The number of carbonyl (C=O) groups excluding carboxylic acids is 1. The molecule has 5 heteroatoms. The zero-order valence-electron chi connectivity index (χ0n) is 9.56. The van der Waals surface area contributed by atoms with E-state index in [-0.39, 0.29) is 23.7 Å². The normalized spacial score (nSPS) is 19.6. The topological polar surface area (TPSA) is 29.5 Å². The van der Waals surface area contributed by atoms with Gasteiger partial charge in [-0.3, -0.25) is 4.79 Å². The third-order valence-corrected chi connectivity index (χ3v) is 3.87. The Morgan fingerprint density at radius 2 is 2.47 bits per heavy atom. The van der Waals surface area contributed by atoms with Gasteiger partial charge in [0.15, 0.2) is 0 Å². The van der Waals surface area contributed by atoms with Gasteiger partial charge in [-0.25, -0.2) is 4.39 Å². The Morgan fingerprint density at radius 1 is 1.65 bits per heavy atom. The van der Waals surface area contributed by atoms with Crippen molar-refractivity contribution in [3.8, 4) is 0 Å². The maximum absolute atomic E-state index is 13.2. The molecule has 3 nitrogen and oxygen atoms in total. The average Bonchev–Trinajstić information content (AvgIpc) is 2.78. The van der Waals surface area contributed by atoms with Crippen LogP contribution in [-0.4, -0.2) is 36.8 Å². The van der Waals surface area contributed by atoms with Crippen molar-refractivity contribution in [3.05, 3.63) is 35.6 Å². The fraction of sp³-hybridized carbons (Fsp3) is 0.417. The summed E-state index contributed by atoms with van der Waals surface area (Å²) in [6.45, 7) is 0.764. The molecule has 0 aliphatic carbocycles. The molecule has 0 N–H and O–H groups in total. The number of amides is 1. The molecular formula is C12H14FNO2S. The highest BCUT2D eigenvalue weighted by molar-refractivity contribution is 7.99. The van der Waals surface area contributed by atoms with E-state index in [0.29, 0.717) is 6.54 Å². The number of thioether (sulfide) groups is 1. The molecule has 1 fully saturated rings. The Hall–Kier alpha value is -1.07. The first-order chi connectivity index (χ1) is 8.22. The van der Waals surface area contributed by atoms with Crippen molar-refractivity contribution in [2.24, 2.45) is 0 Å². The summed E-state index contributed by atoms with van der Waals surface area (Å²) in [4.78, 5) is 13.5. The standard InChI is InChI=1S/C12H14FNO2S/c1-16-8-11(15)14-5-6-17-12(14)9-3-2-4-10(13)7-9/h2-4,7,12H,5-6,8H2,1H3. The predicted molar refractivity (Wildman–Crippen MR) is 65.2 cm³/mol. The molecule has 0 saturated carbocycles. The van der Waals surface area contributed by atoms with E-state index in [0.717, 1.165) is 11.3 Å². The van der Waals surface area contributed by atoms with E-state index in [1.165, 1.54) is 19.2 Å². The van der Waals surface area contributed by atoms with Crippen LogP contribution in [0.4, 0.5) is 4.39 Å². The second kappa shape index (κ2) is 5.51. The number of hydrogen-bond acceptors (Lipinski definition) is 3. The van der Waals surface area contributed by atoms with Crippen LogP contribution in [0.25, 0.3) is 0 Å². The van der Waals surface area contributed by atoms with E-state index in [2.05, 4.69) is 0 Å². The predicted octanol–water partition coefficient (Wildman–Crippen LogP) is 2.05. The molecule has 0 bridgehead atoms. The molecular weight excluding hydrogens is 241 g/mol. The van der Waals surface area contributed by atoms with Crippen LogP contribution in [0.5, 0.6) is 0 Å². The van der Waals surface area contributed by atoms with Crippen LogP contribution in [-0.2, 0) is 9.53 Å². The fourth-order valence-corrected chi connectivity index (χ4v) is 3.14. The van der Waals surface area contributed by atoms with Crippen molar-refractivity contribution >= 4 is 17.7 Å². The van der Waals surface area contributed by atoms with Gasteiger partial charge in [0.2, 0.25) is 5.91 Å². The number of halogens is 1. The quantitative estimate of drug-likeness (QED) is 0.828. The molecule has 1 unspecified atom stereocenters. The second-order valence-corrected chi connectivity index (χ2v) is 4.99. The summed E-state index contributed by atoms with van der Waals surface area (Å²) < 4.78 is 18.0. The van der Waals surface area contributed by atoms with Crippen molar-refractivity contribution in [1.82, 2.24) is 4.90 Å². The first-order valence-corrected chi connectivity index (χ1v) is 6.42. The van der Waals surface area contributed by atoms with Crippen LogP contribution < -0.4 is 0 Å². The molecule has 1 saturated heterocycles. The lowest BCUT2D eigenvalue weighted by molar-refractivity contribution is -0.135. The molecule has 0 radical (unpaired) electrons. The maximum atomic E-state index is 13.2. The van der Waals surface area contributed by atoms with Gasteiger partial charge in [0.1, 0.15) is 17.8 Å². The molecule has 1 aliphatic heterocycles. The van der Waals surface area contributed by atoms with Crippen LogP contribution in [0.3, 0.4) is 0 Å². The van der Waals surface area contributed by atoms with Gasteiger partial charge >= 0.3 is 0 Å². The minimum absolute atomic E-state index is 0.0493. The number of ether oxygens (including phenoxy) is 1. The summed E-state index contributed by atoms with van der Waals surface area (Å²) in [7, 11) is 1.50. The van der Waals surface area contributed by atoms with E-state index in [4.69, 9.17) is 4.74 Å². The Balaban J connectivity index is 2.17. The lowest BCUT2D eigenvalue weighted by Gasteiger charge is -2.23. The lowest BCUT2D eigenvalue weighted by Crippen LogP contribution is -2.33. The summed E-state index contributed by atoms with van der Waals surface area (Å²) in [5.41, 5.74) is 0.831. The van der Waals surface area contributed by atoms with Gasteiger partial charge in [0.05, 0.1) is 0 Å². The van der Waals surface area contributed by atoms with Gasteiger partial charge in [-0.15, -0.1) is 11.8 Å². The van der Waals surface area contributed by atoms with E-state index < -0.39 is 0 Å². The van der Waals surface area contributed by atoms with E-state index in [9.17, 15) is 9.18 Å². The van der Waals surface area contributed by atoms with Gasteiger partial charge in [0, 0.05) is 19.4 Å². The van der Waals surface area contributed by atoms with Crippen molar-refractivity contribution < 1.29 is 13.9 Å². The lowest BCUT2D eigenvalue weighted by atomic mass is 10.2. The number of benzene rings is 1. The van der Waals surface area contributed by atoms with Crippen LogP contribution in [0.1, 0.15) is 10.9 Å². The smallest absolute Gasteiger partial charge is 0.249 e. The molecule has 17 heavy (non-hydrogen) atoms. The Morgan fingerprint density at radius 3 is 3.18 bits per heavy atom. The van der Waals surface area contributed by atoms with Crippen molar-refractivity contribution in [1.29, 1.82) is 0 Å². The largest absolute Gasteiger partial charge is 0.375 e. The van der Waals surface area contributed by atoms with Crippen molar-refractivity contribution in [3.63, 3.8) is 0 Å². The van der Waals surface area contributed by atoms with E-state index >= 15 is 0 Å². The number of carbonyl (C=O) groups is 1. The van der Waals surface area contributed by atoms with Crippen molar-refractivity contribution in [2.75, 3.05) is 26.0 Å². The first-order valence-electron chi connectivity index (χ1n) is 5.38. The van der Waals surface area contributed by atoms with Crippen LogP contribution >= 0.6 is 11.8 Å². The molecule has 1 aliphatic rings. The molecule has 1 aromatic rings. The third kappa shape index (κ3) is 2.79. The second-order valence-electron chi connectivity index (χ2n) is 3.80. The van der Waals surface area contributed by atoms with Gasteiger partial charge < -0.3 is 9.64 Å². The van der Waals surface area contributed by atoms with Gasteiger partial charge in [-0.2, -0.15) is 0 Å². The number of hydrogen-bond donors (Lipinski definition) is 0. The molecule has 92 valence electrons. The summed E-state index contributed by atoms with van der Waals surface area (Å²) in [6, 6.07) is 6.40. The Kier molecular flexibility index (Phi) is 4.02. The summed E-state index contributed by atoms with van der Waals surface area (Å²) in [6.07, 6.45) is 0. The minimum Gasteiger partial charge on any atom is -0.375 e. The summed E-state index contributed by atoms with van der Waals surface area (Å²) in [5, 5.41) is -0.0895. The van der Waals surface area contributed by atoms with Crippen LogP contribution in [0.15, 0.2) is 24.3 Å². The molecule has 1 atom stereocenters. The van der Waals surface area contributed by atoms with Gasteiger partial charge in [-0.05, 0) is 17.7 Å².